The highest BCUT2D eigenvalue weighted by Gasteiger charge is 2.40. The molecule has 148 valence electrons. The highest BCUT2D eigenvalue weighted by molar-refractivity contribution is 5.83. The van der Waals surface area contributed by atoms with Crippen LogP contribution in [0, 0.1) is 11.3 Å². The van der Waals surface area contributed by atoms with Gasteiger partial charge < -0.3 is 9.80 Å². The number of rotatable bonds is 3. The fraction of sp³-hybridized carbons (Fsp3) is 0.905. The van der Waals surface area contributed by atoms with Gasteiger partial charge in [-0.25, -0.2) is 0 Å². The summed E-state index contributed by atoms with van der Waals surface area (Å²) < 4.78 is 0. The average molecular weight is 364 g/mol. The van der Waals surface area contributed by atoms with E-state index in [0.29, 0.717) is 11.8 Å². The van der Waals surface area contributed by atoms with Crippen LogP contribution in [0.25, 0.3) is 0 Å². The Morgan fingerprint density at radius 2 is 1.35 bits per heavy atom. The van der Waals surface area contributed by atoms with E-state index in [0.717, 1.165) is 52.1 Å². The molecule has 2 heterocycles. The van der Waals surface area contributed by atoms with E-state index >= 15 is 0 Å². The Hall–Kier alpha value is -1.10. The summed E-state index contributed by atoms with van der Waals surface area (Å²) in [5.41, 5.74) is -0.323. The first kappa shape index (κ1) is 19.7. The normalized spacial score (nSPS) is 24.7. The molecule has 5 nitrogen and oxygen atoms in total. The number of nitrogens with zero attached hydrogens (tertiary/aromatic N) is 3. The van der Waals surface area contributed by atoms with Gasteiger partial charge in [0.05, 0.1) is 6.04 Å². The van der Waals surface area contributed by atoms with Crippen LogP contribution in [0.15, 0.2) is 0 Å². The second kappa shape index (κ2) is 8.28. The minimum atomic E-state index is -0.323. The Kier molecular flexibility index (Phi) is 6.26. The zero-order valence-corrected chi connectivity index (χ0v) is 17.0. The standard InChI is InChI=1S/C21H37N3O2/c1-21(2,3)20(26)24-15-13-22(14-16-24)18(17-9-5-6-10-17)19(25)23-11-7-4-8-12-23/h17-18H,4-16H2,1-3H3/t18-/m0/s1. The van der Waals surface area contributed by atoms with Crippen LogP contribution in [-0.2, 0) is 9.59 Å². The maximum absolute atomic E-state index is 13.4. The van der Waals surface area contributed by atoms with Gasteiger partial charge in [0.1, 0.15) is 0 Å². The monoisotopic (exact) mass is 363 g/mol. The van der Waals surface area contributed by atoms with Crippen LogP contribution in [0.1, 0.15) is 65.7 Å². The van der Waals surface area contributed by atoms with Crippen molar-refractivity contribution in [3.8, 4) is 0 Å². The Labute approximate surface area is 159 Å². The summed E-state index contributed by atoms with van der Waals surface area (Å²) in [6, 6.07) is 0.0440. The second-order valence-corrected chi connectivity index (χ2v) is 9.45. The zero-order valence-electron chi connectivity index (χ0n) is 17.0. The van der Waals surface area contributed by atoms with Crippen molar-refractivity contribution in [2.75, 3.05) is 39.3 Å². The molecular formula is C21H37N3O2. The molecular weight excluding hydrogens is 326 g/mol. The first-order valence-corrected chi connectivity index (χ1v) is 10.7. The predicted octanol–water partition coefficient (Wildman–Crippen LogP) is 2.75. The molecule has 0 aromatic carbocycles. The molecule has 5 heteroatoms. The van der Waals surface area contributed by atoms with Crippen molar-refractivity contribution in [3.05, 3.63) is 0 Å². The zero-order chi connectivity index (χ0) is 18.7. The molecule has 3 rings (SSSR count). The van der Waals surface area contributed by atoms with Crippen LogP contribution in [-0.4, -0.2) is 71.8 Å². The number of piperidine rings is 1. The van der Waals surface area contributed by atoms with Crippen LogP contribution < -0.4 is 0 Å². The van der Waals surface area contributed by atoms with Gasteiger partial charge in [-0.3, -0.25) is 14.5 Å². The summed E-state index contributed by atoms with van der Waals surface area (Å²) in [6.07, 6.45) is 8.45. The topological polar surface area (TPSA) is 43.9 Å². The molecule has 2 amide bonds. The summed E-state index contributed by atoms with van der Waals surface area (Å²) in [6.45, 7) is 11.0. The Morgan fingerprint density at radius 3 is 1.88 bits per heavy atom. The summed E-state index contributed by atoms with van der Waals surface area (Å²) in [7, 11) is 0. The van der Waals surface area contributed by atoms with Crippen molar-refractivity contribution >= 4 is 11.8 Å². The Balaban J connectivity index is 1.66. The van der Waals surface area contributed by atoms with Gasteiger partial charge in [-0.05, 0) is 38.0 Å². The molecule has 3 aliphatic rings. The van der Waals surface area contributed by atoms with Crippen LogP contribution in [0.2, 0.25) is 0 Å². The van der Waals surface area contributed by atoms with Gasteiger partial charge in [0.15, 0.2) is 0 Å². The summed E-state index contributed by atoms with van der Waals surface area (Å²) in [4.78, 5) is 32.4. The third-order valence-electron chi connectivity index (χ3n) is 6.40. The maximum Gasteiger partial charge on any atom is 0.240 e. The van der Waals surface area contributed by atoms with Gasteiger partial charge in [-0.2, -0.15) is 0 Å². The van der Waals surface area contributed by atoms with Crippen molar-refractivity contribution in [3.63, 3.8) is 0 Å². The molecule has 1 atom stereocenters. The highest BCUT2D eigenvalue weighted by atomic mass is 16.2. The van der Waals surface area contributed by atoms with E-state index in [2.05, 4.69) is 9.80 Å². The van der Waals surface area contributed by atoms with E-state index in [1.54, 1.807) is 0 Å². The van der Waals surface area contributed by atoms with Gasteiger partial charge >= 0.3 is 0 Å². The van der Waals surface area contributed by atoms with E-state index in [9.17, 15) is 9.59 Å². The predicted molar refractivity (Wildman–Crippen MR) is 104 cm³/mol. The average Bonchev–Trinajstić information content (AvgIpc) is 3.16. The molecule has 0 spiro atoms. The first-order chi connectivity index (χ1) is 12.4. The molecule has 0 aromatic heterocycles. The molecule has 2 aliphatic heterocycles. The summed E-state index contributed by atoms with van der Waals surface area (Å²) in [5, 5.41) is 0. The van der Waals surface area contributed by atoms with Gasteiger partial charge in [0.2, 0.25) is 11.8 Å². The van der Waals surface area contributed by atoms with Crippen molar-refractivity contribution in [2.24, 2.45) is 11.3 Å². The van der Waals surface area contributed by atoms with E-state index < -0.39 is 0 Å². The van der Waals surface area contributed by atoms with Crippen LogP contribution in [0.5, 0.6) is 0 Å². The van der Waals surface area contributed by atoms with Gasteiger partial charge in [-0.15, -0.1) is 0 Å². The lowest BCUT2D eigenvalue weighted by Crippen LogP contribution is -2.59. The first-order valence-electron chi connectivity index (χ1n) is 10.7. The largest absolute Gasteiger partial charge is 0.341 e. The molecule has 2 saturated heterocycles. The highest BCUT2D eigenvalue weighted by Crippen LogP contribution is 2.32. The minimum Gasteiger partial charge on any atom is -0.341 e. The lowest BCUT2D eigenvalue weighted by atomic mass is 9.92. The molecule has 1 aliphatic carbocycles. The molecule has 1 saturated carbocycles. The number of piperazine rings is 1. The number of hydrogen-bond acceptors (Lipinski definition) is 3. The lowest BCUT2D eigenvalue weighted by Gasteiger charge is -2.44. The Bertz CT molecular complexity index is 494. The fourth-order valence-corrected chi connectivity index (χ4v) is 4.91. The van der Waals surface area contributed by atoms with Gasteiger partial charge in [-0.1, -0.05) is 33.6 Å². The van der Waals surface area contributed by atoms with E-state index in [-0.39, 0.29) is 17.4 Å². The van der Waals surface area contributed by atoms with Crippen molar-refractivity contribution in [1.29, 1.82) is 0 Å². The van der Waals surface area contributed by atoms with Gasteiger partial charge in [0, 0.05) is 44.7 Å². The SMILES string of the molecule is CC(C)(C)C(=O)N1CCN([C@H](C(=O)N2CCCCC2)C2CCCC2)CC1. The second-order valence-electron chi connectivity index (χ2n) is 9.45. The summed E-state index contributed by atoms with van der Waals surface area (Å²) >= 11 is 0. The van der Waals surface area contributed by atoms with E-state index in [1.807, 2.05) is 25.7 Å². The smallest absolute Gasteiger partial charge is 0.240 e. The lowest BCUT2D eigenvalue weighted by molar-refractivity contribution is -0.145. The fourth-order valence-electron chi connectivity index (χ4n) is 4.91. The van der Waals surface area contributed by atoms with Crippen molar-refractivity contribution in [1.82, 2.24) is 14.7 Å². The molecule has 0 N–H and O–H groups in total. The van der Waals surface area contributed by atoms with Crippen molar-refractivity contribution < 1.29 is 9.59 Å². The quantitative estimate of drug-likeness (QED) is 0.774. The molecule has 3 fully saturated rings. The molecule has 0 bridgehead atoms. The van der Waals surface area contributed by atoms with E-state index in [4.69, 9.17) is 0 Å². The third-order valence-corrected chi connectivity index (χ3v) is 6.40. The summed E-state index contributed by atoms with van der Waals surface area (Å²) in [5.74, 6) is 1.11. The number of carbonyl (C=O) groups excluding carboxylic acids is 2. The van der Waals surface area contributed by atoms with Crippen LogP contribution >= 0.6 is 0 Å². The van der Waals surface area contributed by atoms with Crippen LogP contribution in [0.3, 0.4) is 0 Å². The van der Waals surface area contributed by atoms with Gasteiger partial charge in [0.25, 0.3) is 0 Å². The van der Waals surface area contributed by atoms with Crippen molar-refractivity contribution in [2.45, 2.75) is 71.8 Å². The van der Waals surface area contributed by atoms with Crippen LogP contribution in [0.4, 0.5) is 0 Å². The number of likely N-dealkylation sites (tertiary alicyclic amines) is 1. The van der Waals surface area contributed by atoms with E-state index in [1.165, 1.54) is 32.1 Å². The number of hydrogen-bond donors (Lipinski definition) is 0. The molecule has 26 heavy (non-hydrogen) atoms. The Morgan fingerprint density at radius 1 is 0.769 bits per heavy atom. The molecule has 0 unspecified atom stereocenters. The third kappa shape index (κ3) is 4.41. The number of amides is 2. The minimum absolute atomic E-state index is 0.0440. The maximum atomic E-state index is 13.4. The number of carbonyl (C=O) groups is 2. The molecule has 0 radical (unpaired) electrons. The molecule has 0 aromatic rings.